The molecule has 0 saturated heterocycles. The van der Waals surface area contributed by atoms with E-state index in [1.165, 1.54) is 0 Å². The Morgan fingerprint density at radius 3 is 1.95 bits per heavy atom. The van der Waals surface area contributed by atoms with Crippen molar-refractivity contribution in [3.63, 3.8) is 0 Å². The molecule has 1 N–H and O–H groups in total. The maximum atomic E-state index is 12.5. The largest absolute Gasteiger partial charge is 0.572 e. The van der Waals surface area contributed by atoms with Gasteiger partial charge in [-0.05, 0) is 16.7 Å². The van der Waals surface area contributed by atoms with E-state index >= 15 is 0 Å². The molecule has 0 spiro atoms. The molecule has 0 unspecified atom stereocenters. The van der Waals surface area contributed by atoms with E-state index in [2.05, 4.69) is 3.63 Å². The first-order chi connectivity index (χ1) is 10.0. The van der Waals surface area contributed by atoms with Crippen LogP contribution in [0.1, 0.15) is 52.9 Å². The van der Waals surface area contributed by atoms with Gasteiger partial charge in [-0.25, -0.2) is 0 Å². The van der Waals surface area contributed by atoms with Gasteiger partial charge in [-0.15, -0.1) is 8.42 Å². The highest BCUT2D eigenvalue weighted by atomic mass is 32.3. The summed E-state index contributed by atoms with van der Waals surface area (Å²) in [6.45, 7) is 5.20. The first-order valence-corrected chi connectivity index (χ1v) is 10.9. The Bertz CT molecular complexity index is 443. The van der Waals surface area contributed by atoms with Gasteiger partial charge in [0, 0.05) is 17.9 Å². The van der Waals surface area contributed by atoms with E-state index in [-0.39, 0.29) is 29.5 Å². The number of Topliss-reactive ketones (excluding diaryl/α,β-unsaturated/α-hetero) is 1. The summed E-state index contributed by atoms with van der Waals surface area (Å²) >= 11 is 0. The molecule has 0 radical (unpaired) electrons. The van der Waals surface area contributed by atoms with E-state index in [0.29, 0.717) is 6.42 Å². The molecule has 0 heterocycles. The molecule has 0 aromatic heterocycles. The van der Waals surface area contributed by atoms with Crippen molar-refractivity contribution in [1.82, 2.24) is 0 Å². The van der Waals surface area contributed by atoms with E-state index in [1.807, 2.05) is 6.92 Å². The van der Waals surface area contributed by atoms with Gasteiger partial charge in [-0.1, -0.05) is 40.0 Å². The van der Waals surface area contributed by atoms with Gasteiger partial charge in [0.05, 0.1) is 5.75 Å². The molecule has 0 aromatic carbocycles. The van der Waals surface area contributed by atoms with Crippen LogP contribution in [0.3, 0.4) is 0 Å². The lowest BCUT2D eigenvalue weighted by Gasteiger charge is -2.31. The Kier molecular flexibility index (Phi) is 9.01. The summed E-state index contributed by atoms with van der Waals surface area (Å²) in [4.78, 5) is 12.0. The molecule has 4 nitrogen and oxygen atoms in total. The van der Waals surface area contributed by atoms with Crippen molar-refractivity contribution >= 4 is 26.2 Å². The minimum atomic E-state index is -5.54. The molecule has 0 aliphatic rings. The summed E-state index contributed by atoms with van der Waals surface area (Å²) in [5.74, 6) is -0.0728. The Labute approximate surface area is 132 Å². The quantitative estimate of drug-likeness (QED) is 0.238. The van der Waals surface area contributed by atoms with Gasteiger partial charge in [0.2, 0.25) is 0 Å². The third kappa shape index (κ3) is 6.87. The number of alkyl halides is 3. The fraction of sp³-hybridized carbons (Fsp3) is 0.923. The third-order valence-corrected chi connectivity index (χ3v) is 9.01. The molecule has 0 fully saturated rings. The average molecular weight is 367 g/mol. The SMILES string of the molecule is CCCCCCC(=O)CS(CC)(CC)[OH+]S(=O)(=O)C(F)(F)F. The zero-order valence-corrected chi connectivity index (χ0v) is 14.9. The maximum Gasteiger partial charge on any atom is 0.572 e. The lowest BCUT2D eigenvalue weighted by molar-refractivity contribution is -0.116. The molecule has 22 heavy (non-hydrogen) atoms. The number of carbonyl (C=O) groups is 1. The van der Waals surface area contributed by atoms with Crippen LogP contribution >= 0.6 is 10.3 Å². The van der Waals surface area contributed by atoms with Crippen molar-refractivity contribution in [2.45, 2.75) is 58.4 Å². The van der Waals surface area contributed by atoms with Crippen LogP contribution in [-0.2, 0) is 14.9 Å². The smallest absolute Gasteiger partial charge is 0.299 e. The molecule has 134 valence electrons. The number of hydrogen-bond donors (Lipinski definition) is 0. The van der Waals surface area contributed by atoms with Gasteiger partial charge in [0.15, 0.2) is 0 Å². The number of carbonyl (C=O) groups excluding carboxylic acids is 1. The van der Waals surface area contributed by atoms with Crippen LogP contribution in [-0.4, -0.2) is 40.6 Å². The summed E-state index contributed by atoms with van der Waals surface area (Å²) < 4.78 is 63.2. The molecule has 0 rings (SSSR count). The van der Waals surface area contributed by atoms with Crippen molar-refractivity contribution in [3.05, 3.63) is 0 Å². The Hall–Kier alpha value is -0.280. The topological polar surface area (TPSA) is 64.0 Å². The third-order valence-electron chi connectivity index (χ3n) is 3.36. The van der Waals surface area contributed by atoms with Crippen molar-refractivity contribution in [1.29, 1.82) is 0 Å². The Morgan fingerprint density at radius 2 is 1.55 bits per heavy atom. The fourth-order valence-corrected chi connectivity index (χ4v) is 6.53. The Balaban J connectivity index is 4.86. The van der Waals surface area contributed by atoms with Crippen molar-refractivity contribution in [3.8, 4) is 0 Å². The lowest BCUT2D eigenvalue weighted by atomic mass is 10.1. The first kappa shape index (κ1) is 21.7. The van der Waals surface area contributed by atoms with Gasteiger partial charge in [0.1, 0.15) is 5.78 Å². The van der Waals surface area contributed by atoms with Gasteiger partial charge >= 0.3 is 15.6 Å². The van der Waals surface area contributed by atoms with Crippen molar-refractivity contribution < 1.29 is 30.0 Å². The van der Waals surface area contributed by atoms with E-state index in [4.69, 9.17) is 0 Å². The van der Waals surface area contributed by atoms with Gasteiger partial charge in [-0.3, -0.25) is 8.42 Å². The standard InChI is InChI=1S/C13H25F3O4S2/c1-4-7-8-9-10-12(17)11-21(5-2,6-3)20-22(18,19)13(14,15)16/h4-11H2,1-3H3/p+1. The lowest BCUT2D eigenvalue weighted by Crippen LogP contribution is -2.34. The predicted octanol–water partition coefficient (Wildman–Crippen LogP) is 4.23. The molecule has 0 aliphatic heterocycles. The second-order valence-electron chi connectivity index (χ2n) is 5.07. The van der Waals surface area contributed by atoms with Crippen LogP contribution in [0, 0.1) is 0 Å². The predicted molar refractivity (Wildman–Crippen MR) is 84.9 cm³/mol. The molecular formula is C13H26F3O4S2+. The van der Waals surface area contributed by atoms with E-state index in [0.717, 1.165) is 19.3 Å². The molecule has 0 aromatic rings. The number of rotatable bonds is 11. The maximum absolute atomic E-state index is 12.5. The zero-order valence-electron chi connectivity index (χ0n) is 13.3. The second kappa shape index (κ2) is 9.12. The summed E-state index contributed by atoms with van der Waals surface area (Å²) in [6.07, 6.45) is 3.87. The number of halogens is 3. The number of ketones is 1. The molecule has 0 saturated carbocycles. The minimum absolute atomic E-state index is 0.152. The molecule has 0 aliphatic carbocycles. The normalized spacial score (nSPS) is 14.1. The molecule has 9 heteroatoms. The molecular weight excluding hydrogens is 341 g/mol. The Morgan fingerprint density at radius 1 is 1.00 bits per heavy atom. The van der Waals surface area contributed by atoms with E-state index in [9.17, 15) is 26.4 Å². The minimum Gasteiger partial charge on any atom is -0.299 e. The van der Waals surface area contributed by atoms with Crippen LogP contribution in [0.5, 0.6) is 0 Å². The highest BCUT2D eigenvalue weighted by molar-refractivity contribution is 8.32. The first-order valence-electron chi connectivity index (χ1n) is 7.37. The zero-order chi connectivity index (χ0) is 17.4. The van der Waals surface area contributed by atoms with Crippen LogP contribution in [0.25, 0.3) is 0 Å². The average Bonchev–Trinajstić information content (AvgIpc) is 2.41. The summed E-state index contributed by atoms with van der Waals surface area (Å²) in [7, 11) is -8.03. The number of hydrogen-bond acceptors (Lipinski definition) is 3. The fourth-order valence-electron chi connectivity index (χ4n) is 1.91. The molecule has 0 atom stereocenters. The van der Waals surface area contributed by atoms with Crippen molar-refractivity contribution in [2.75, 3.05) is 17.3 Å². The summed E-state index contributed by atoms with van der Waals surface area (Å²) in [5.41, 5.74) is -5.40. The number of unbranched alkanes of at least 4 members (excludes halogenated alkanes) is 3. The van der Waals surface area contributed by atoms with Crippen molar-refractivity contribution in [2.24, 2.45) is 0 Å². The molecule has 0 amide bonds. The van der Waals surface area contributed by atoms with Crippen LogP contribution in [0.15, 0.2) is 0 Å². The monoisotopic (exact) mass is 367 g/mol. The molecule has 0 bridgehead atoms. The van der Waals surface area contributed by atoms with Crippen LogP contribution in [0.2, 0.25) is 0 Å². The van der Waals surface area contributed by atoms with Gasteiger partial charge in [-0.2, -0.15) is 13.2 Å². The van der Waals surface area contributed by atoms with Gasteiger partial charge < -0.3 is 0 Å². The van der Waals surface area contributed by atoms with Gasteiger partial charge in [0.25, 0.3) is 0 Å². The summed E-state index contributed by atoms with van der Waals surface area (Å²) in [5, 5.41) is 0. The van der Waals surface area contributed by atoms with E-state index < -0.39 is 25.9 Å². The van der Waals surface area contributed by atoms with E-state index in [1.54, 1.807) is 13.8 Å². The summed E-state index contributed by atoms with van der Waals surface area (Å²) in [6, 6.07) is 0. The second-order valence-corrected chi connectivity index (χ2v) is 10.5. The highest BCUT2D eigenvalue weighted by Crippen LogP contribution is 2.49. The van der Waals surface area contributed by atoms with Crippen LogP contribution in [0.4, 0.5) is 13.2 Å². The highest BCUT2D eigenvalue weighted by Gasteiger charge is 2.56. The van der Waals surface area contributed by atoms with Crippen LogP contribution < -0.4 is 0 Å².